The first-order valence-corrected chi connectivity index (χ1v) is 3.29. The van der Waals surface area contributed by atoms with E-state index in [9.17, 15) is 4.79 Å². The Morgan fingerprint density at radius 2 is 2.29 bits per heavy atom. The summed E-state index contributed by atoms with van der Waals surface area (Å²) >= 11 is 0. The Morgan fingerprint density at radius 1 is 1.86 bits per heavy atom. The molecule has 0 saturated heterocycles. The van der Waals surface area contributed by atoms with E-state index in [2.05, 4.69) is 0 Å². The van der Waals surface area contributed by atoms with Gasteiger partial charge in [-0.1, -0.05) is 0 Å². The SMILES string of the molecule is CCN([SiH3])C(C)=O. The molecule has 0 fully saturated rings. The minimum absolute atomic E-state index is 0.189. The summed E-state index contributed by atoms with van der Waals surface area (Å²) in [6.07, 6.45) is 0. The van der Waals surface area contributed by atoms with E-state index < -0.39 is 0 Å². The maximum Gasteiger partial charge on any atom is 0.210 e. The third kappa shape index (κ3) is 2.39. The Kier molecular flexibility index (Phi) is 2.67. The van der Waals surface area contributed by atoms with Crippen molar-refractivity contribution in [1.82, 2.24) is 4.57 Å². The molecule has 0 radical (unpaired) electrons. The molecule has 0 aromatic heterocycles. The molecule has 0 aliphatic carbocycles. The van der Waals surface area contributed by atoms with Crippen LogP contribution in [0.1, 0.15) is 13.8 Å². The fraction of sp³-hybridized carbons (Fsp3) is 0.750. The van der Waals surface area contributed by atoms with Crippen molar-refractivity contribution < 1.29 is 4.79 Å². The van der Waals surface area contributed by atoms with Crippen LogP contribution >= 0.6 is 0 Å². The number of amides is 1. The van der Waals surface area contributed by atoms with Gasteiger partial charge >= 0.3 is 0 Å². The lowest BCUT2D eigenvalue weighted by atomic mass is 10.6. The predicted octanol–water partition coefficient (Wildman–Crippen LogP) is -0.865. The second-order valence-corrected chi connectivity index (χ2v) is 2.61. The molecule has 3 heteroatoms. The van der Waals surface area contributed by atoms with Gasteiger partial charge in [-0.15, -0.1) is 0 Å². The Labute approximate surface area is 47.0 Å². The topological polar surface area (TPSA) is 20.3 Å². The van der Waals surface area contributed by atoms with E-state index in [1.54, 1.807) is 11.5 Å². The van der Waals surface area contributed by atoms with Crippen LogP contribution in [0, 0.1) is 0 Å². The van der Waals surface area contributed by atoms with Gasteiger partial charge in [0, 0.05) is 13.5 Å². The van der Waals surface area contributed by atoms with E-state index in [-0.39, 0.29) is 5.91 Å². The van der Waals surface area contributed by atoms with Crippen LogP contribution in [0.15, 0.2) is 0 Å². The van der Waals surface area contributed by atoms with Crippen molar-refractivity contribution in [2.45, 2.75) is 13.8 Å². The van der Waals surface area contributed by atoms with Gasteiger partial charge in [0.25, 0.3) is 0 Å². The number of hydrogen-bond acceptors (Lipinski definition) is 1. The first-order chi connectivity index (χ1) is 3.18. The molecule has 42 valence electrons. The summed E-state index contributed by atoms with van der Waals surface area (Å²) < 4.78 is 1.79. The molecule has 0 aromatic carbocycles. The highest BCUT2D eigenvalue weighted by molar-refractivity contribution is 6.13. The summed E-state index contributed by atoms with van der Waals surface area (Å²) in [6.45, 7) is 4.44. The average molecular weight is 117 g/mol. The molecule has 0 saturated carbocycles. The smallest absolute Gasteiger partial charge is 0.210 e. The highest BCUT2D eigenvalue weighted by Gasteiger charge is 1.93. The lowest BCUT2D eigenvalue weighted by Gasteiger charge is -2.09. The molecule has 0 bridgehead atoms. The molecule has 0 aromatic rings. The fourth-order valence-corrected chi connectivity index (χ4v) is 0.223. The molecule has 2 nitrogen and oxygen atoms in total. The molecular weight excluding hydrogens is 106 g/mol. The van der Waals surface area contributed by atoms with E-state index in [1.165, 1.54) is 0 Å². The number of carbonyl (C=O) groups excluding carboxylic acids is 1. The zero-order chi connectivity index (χ0) is 5.86. The average Bonchev–Trinajstić information content (AvgIpc) is 1.65. The molecule has 0 atom stereocenters. The van der Waals surface area contributed by atoms with Crippen LogP contribution in [0.4, 0.5) is 0 Å². The van der Waals surface area contributed by atoms with Crippen molar-refractivity contribution >= 4 is 16.3 Å². The Bertz CT molecular complexity index is 74.1. The molecule has 0 heterocycles. The molecule has 0 aliphatic heterocycles. The second kappa shape index (κ2) is 2.79. The van der Waals surface area contributed by atoms with E-state index in [1.807, 2.05) is 6.92 Å². The summed E-state index contributed by atoms with van der Waals surface area (Å²) in [5.74, 6) is 0.189. The van der Waals surface area contributed by atoms with Crippen LogP contribution in [-0.2, 0) is 4.79 Å². The van der Waals surface area contributed by atoms with Gasteiger partial charge in [-0.2, -0.15) is 0 Å². The van der Waals surface area contributed by atoms with Crippen LogP contribution in [-0.4, -0.2) is 27.4 Å². The van der Waals surface area contributed by atoms with E-state index in [4.69, 9.17) is 0 Å². The Morgan fingerprint density at radius 3 is 2.29 bits per heavy atom. The standard InChI is InChI=1S/C4H11NOSi/c1-3-5(7)4(2)6/h3H2,1-2,7H3. The minimum Gasteiger partial charge on any atom is -0.379 e. The van der Waals surface area contributed by atoms with Crippen molar-refractivity contribution in [3.05, 3.63) is 0 Å². The van der Waals surface area contributed by atoms with Gasteiger partial charge < -0.3 is 4.57 Å². The van der Waals surface area contributed by atoms with Crippen LogP contribution < -0.4 is 0 Å². The molecule has 0 spiro atoms. The minimum atomic E-state index is 0.189. The molecule has 0 unspecified atom stereocenters. The molecule has 7 heavy (non-hydrogen) atoms. The highest BCUT2D eigenvalue weighted by Crippen LogP contribution is 1.76. The third-order valence-electron chi connectivity index (χ3n) is 1.01. The molecular formula is C4H11NOSi. The quantitative estimate of drug-likeness (QED) is 0.409. The van der Waals surface area contributed by atoms with Crippen molar-refractivity contribution in [3.8, 4) is 0 Å². The summed E-state index contributed by atoms with van der Waals surface area (Å²) in [4.78, 5) is 10.3. The van der Waals surface area contributed by atoms with Gasteiger partial charge in [-0.05, 0) is 6.92 Å². The van der Waals surface area contributed by atoms with E-state index >= 15 is 0 Å². The largest absolute Gasteiger partial charge is 0.379 e. The van der Waals surface area contributed by atoms with Crippen LogP contribution in [0.25, 0.3) is 0 Å². The number of hydrogen-bond donors (Lipinski definition) is 0. The van der Waals surface area contributed by atoms with E-state index in [0.717, 1.165) is 16.9 Å². The Balaban J connectivity index is 3.34. The van der Waals surface area contributed by atoms with Gasteiger partial charge in [-0.25, -0.2) is 0 Å². The van der Waals surface area contributed by atoms with Gasteiger partial charge in [0.05, 0.1) is 0 Å². The molecule has 0 rings (SSSR count). The van der Waals surface area contributed by atoms with Crippen LogP contribution in [0.5, 0.6) is 0 Å². The summed E-state index contributed by atoms with van der Waals surface area (Å²) in [5, 5.41) is 0. The number of carbonyl (C=O) groups is 1. The number of rotatable bonds is 1. The van der Waals surface area contributed by atoms with Crippen molar-refractivity contribution in [2.75, 3.05) is 6.54 Å². The van der Waals surface area contributed by atoms with E-state index in [0.29, 0.717) is 0 Å². The zero-order valence-electron chi connectivity index (χ0n) is 5.06. The lowest BCUT2D eigenvalue weighted by molar-refractivity contribution is -0.124. The maximum atomic E-state index is 10.3. The zero-order valence-corrected chi connectivity index (χ0v) is 7.06. The first-order valence-electron chi connectivity index (χ1n) is 2.40. The van der Waals surface area contributed by atoms with Crippen LogP contribution in [0.2, 0.25) is 0 Å². The lowest BCUT2D eigenvalue weighted by Crippen LogP contribution is -2.24. The highest BCUT2D eigenvalue weighted by atomic mass is 28.2. The van der Waals surface area contributed by atoms with Gasteiger partial charge in [0.15, 0.2) is 0 Å². The monoisotopic (exact) mass is 117 g/mol. The summed E-state index contributed by atoms with van der Waals surface area (Å²) in [7, 11) is 0.858. The third-order valence-corrected chi connectivity index (χ3v) is 2.27. The maximum absolute atomic E-state index is 10.3. The summed E-state index contributed by atoms with van der Waals surface area (Å²) in [5.41, 5.74) is 0. The van der Waals surface area contributed by atoms with Crippen molar-refractivity contribution in [2.24, 2.45) is 0 Å². The predicted molar refractivity (Wildman–Crippen MR) is 33.0 cm³/mol. The molecule has 0 aliphatic rings. The van der Waals surface area contributed by atoms with Gasteiger partial charge in [0.1, 0.15) is 10.4 Å². The Hall–Kier alpha value is -0.313. The van der Waals surface area contributed by atoms with Crippen molar-refractivity contribution in [1.29, 1.82) is 0 Å². The second-order valence-electron chi connectivity index (χ2n) is 1.53. The van der Waals surface area contributed by atoms with Gasteiger partial charge in [-0.3, -0.25) is 4.79 Å². The molecule has 1 amide bonds. The number of nitrogens with zero attached hydrogens (tertiary/aromatic N) is 1. The first kappa shape index (κ1) is 6.69. The molecule has 0 N–H and O–H groups in total. The van der Waals surface area contributed by atoms with Crippen LogP contribution in [0.3, 0.4) is 0 Å². The van der Waals surface area contributed by atoms with Gasteiger partial charge in [0.2, 0.25) is 5.91 Å². The fourth-order valence-electron chi connectivity index (χ4n) is 0.223. The normalized spacial score (nSPS) is 8.86. The summed E-state index contributed by atoms with van der Waals surface area (Å²) in [6, 6.07) is 0. The van der Waals surface area contributed by atoms with Crippen molar-refractivity contribution in [3.63, 3.8) is 0 Å².